The van der Waals surface area contributed by atoms with E-state index in [0.29, 0.717) is 0 Å². The smallest absolute Gasteiger partial charge is 0.0233 e. The van der Waals surface area contributed by atoms with Crippen LogP contribution in [0.15, 0.2) is 22.7 Å². The third kappa shape index (κ3) is 3.12. The van der Waals surface area contributed by atoms with E-state index < -0.39 is 0 Å². The number of nitrogens with zero attached hydrogens (tertiary/aromatic N) is 1. The first-order valence-electron chi connectivity index (χ1n) is 4.57. The van der Waals surface area contributed by atoms with Crippen molar-refractivity contribution in [3.05, 3.63) is 33.8 Å². The highest BCUT2D eigenvalue weighted by atomic mass is 79.9. The Morgan fingerprint density at radius 2 is 2.08 bits per heavy atom. The van der Waals surface area contributed by atoms with Gasteiger partial charge < -0.3 is 4.90 Å². The number of hydrogen-bond acceptors (Lipinski definition) is 1. The van der Waals surface area contributed by atoms with Crippen LogP contribution in [0.2, 0.25) is 0 Å². The zero-order chi connectivity index (χ0) is 9.84. The Hall–Kier alpha value is -0.340. The Morgan fingerprint density at radius 1 is 1.38 bits per heavy atom. The quantitative estimate of drug-likeness (QED) is 0.786. The minimum Gasteiger partial charge on any atom is -0.302 e. The lowest BCUT2D eigenvalue weighted by Crippen LogP contribution is -2.17. The Bertz CT molecular complexity index is 283. The second-order valence-corrected chi connectivity index (χ2v) is 4.32. The Labute approximate surface area is 88.9 Å². The highest BCUT2D eigenvalue weighted by Gasteiger charge is 2.01. The zero-order valence-corrected chi connectivity index (χ0v) is 10.1. The van der Waals surface area contributed by atoms with Crippen LogP contribution in [0.5, 0.6) is 0 Å². The monoisotopic (exact) mass is 241 g/mol. The third-order valence-corrected chi connectivity index (χ3v) is 2.78. The second kappa shape index (κ2) is 4.77. The van der Waals surface area contributed by atoms with Crippen molar-refractivity contribution in [2.24, 2.45) is 0 Å². The molecular weight excluding hydrogens is 226 g/mol. The fraction of sp³-hybridized carbons (Fsp3) is 0.455. The van der Waals surface area contributed by atoms with Crippen LogP contribution in [0, 0.1) is 6.92 Å². The van der Waals surface area contributed by atoms with E-state index in [1.165, 1.54) is 11.1 Å². The van der Waals surface area contributed by atoms with Crippen molar-refractivity contribution >= 4 is 15.9 Å². The summed E-state index contributed by atoms with van der Waals surface area (Å²) in [5, 5.41) is 0. The lowest BCUT2D eigenvalue weighted by atomic mass is 10.1. The normalized spacial score (nSPS) is 10.8. The molecule has 0 heterocycles. The maximum absolute atomic E-state index is 3.47. The van der Waals surface area contributed by atoms with Gasteiger partial charge in [-0.3, -0.25) is 0 Å². The fourth-order valence-electron chi connectivity index (χ4n) is 1.24. The molecule has 0 bridgehead atoms. The molecule has 2 heteroatoms. The van der Waals surface area contributed by atoms with E-state index in [4.69, 9.17) is 0 Å². The Balaban J connectivity index is 2.77. The molecule has 1 aromatic rings. The van der Waals surface area contributed by atoms with Gasteiger partial charge in [0.05, 0.1) is 0 Å². The van der Waals surface area contributed by atoms with Gasteiger partial charge in [0.25, 0.3) is 0 Å². The molecule has 0 radical (unpaired) electrons. The lowest BCUT2D eigenvalue weighted by molar-refractivity contribution is 0.345. The maximum atomic E-state index is 3.47. The van der Waals surface area contributed by atoms with Gasteiger partial charge in [0.1, 0.15) is 0 Å². The molecule has 1 nitrogen and oxygen atoms in total. The molecule has 0 saturated carbocycles. The third-order valence-electron chi connectivity index (χ3n) is 2.28. The molecule has 0 saturated heterocycles. The van der Waals surface area contributed by atoms with Crippen LogP contribution in [0.1, 0.15) is 18.1 Å². The molecule has 0 aliphatic heterocycles. The molecule has 0 N–H and O–H groups in total. The fourth-order valence-corrected chi connectivity index (χ4v) is 1.71. The van der Waals surface area contributed by atoms with Crippen molar-refractivity contribution in [2.75, 3.05) is 13.6 Å². The number of halogens is 1. The molecule has 72 valence electrons. The summed E-state index contributed by atoms with van der Waals surface area (Å²) < 4.78 is 1.16. The Kier molecular flexibility index (Phi) is 3.94. The molecule has 0 spiro atoms. The van der Waals surface area contributed by atoms with Gasteiger partial charge >= 0.3 is 0 Å². The van der Waals surface area contributed by atoms with Crippen molar-refractivity contribution in [1.82, 2.24) is 4.90 Å². The predicted octanol–water partition coefficient (Wildman–Crippen LogP) is 3.21. The number of hydrogen-bond donors (Lipinski definition) is 0. The van der Waals surface area contributed by atoms with Gasteiger partial charge in [-0.2, -0.15) is 0 Å². The molecule has 13 heavy (non-hydrogen) atoms. The van der Waals surface area contributed by atoms with Crippen LogP contribution in [-0.2, 0) is 6.54 Å². The molecule has 0 atom stereocenters. The molecule has 0 aliphatic carbocycles. The van der Waals surface area contributed by atoms with E-state index in [-0.39, 0.29) is 0 Å². The largest absolute Gasteiger partial charge is 0.302 e. The molecule has 1 aromatic carbocycles. The first-order chi connectivity index (χ1) is 6.13. The van der Waals surface area contributed by atoms with Crippen molar-refractivity contribution in [2.45, 2.75) is 20.4 Å². The first kappa shape index (κ1) is 10.7. The lowest BCUT2D eigenvalue weighted by Gasteiger charge is -2.15. The van der Waals surface area contributed by atoms with E-state index in [0.717, 1.165) is 17.6 Å². The van der Waals surface area contributed by atoms with Crippen LogP contribution in [0.25, 0.3) is 0 Å². The summed E-state index contributed by atoms with van der Waals surface area (Å²) in [5.74, 6) is 0. The van der Waals surface area contributed by atoms with E-state index in [9.17, 15) is 0 Å². The summed E-state index contributed by atoms with van der Waals surface area (Å²) in [6.07, 6.45) is 0. The number of rotatable bonds is 3. The predicted molar refractivity (Wildman–Crippen MR) is 60.9 cm³/mol. The molecule has 1 rings (SSSR count). The van der Waals surface area contributed by atoms with Crippen LogP contribution >= 0.6 is 15.9 Å². The SMILES string of the molecule is CCN(C)Cc1ccc(Br)cc1C. The van der Waals surface area contributed by atoms with E-state index in [1.54, 1.807) is 0 Å². The van der Waals surface area contributed by atoms with Crippen LogP contribution in [-0.4, -0.2) is 18.5 Å². The van der Waals surface area contributed by atoms with E-state index in [2.05, 4.69) is 59.9 Å². The van der Waals surface area contributed by atoms with Crippen LogP contribution < -0.4 is 0 Å². The summed E-state index contributed by atoms with van der Waals surface area (Å²) in [4.78, 5) is 2.30. The summed E-state index contributed by atoms with van der Waals surface area (Å²) in [7, 11) is 2.14. The van der Waals surface area contributed by atoms with E-state index >= 15 is 0 Å². The van der Waals surface area contributed by atoms with Gasteiger partial charge in [0, 0.05) is 11.0 Å². The van der Waals surface area contributed by atoms with Crippen molar-refractivity contribution < 1.29 is 0 Å². The molecule has 0 fully saturated rings. The summed E-state index contributed by atoms with van der Waals surface area (Å²) >= 11 is 3.47. The molecule has 0 aromatic heterocycles. The molecular formula is C11H16BrN. The second-order valence-electron chi connectivity index (χ2n) is 3.40. The molecule has 0 unspecified atom stereocenters. The van der Waals surface area contributed by atoms with Gasteiger partial charge in [-0.1, -0.05) is 28.9 Å². The minimum atomic E-state index is 1.04. The Morgan fingerprint density at radius 3 is 2.62 bits per heavy atom. The average Bonchev–Trinajstić information content (AvgIpc) is 2.09. The summed E-state index contributed by atoms with van der Waals surface area (Å²) in [5.41, 5.74) is 2.77. The van der Waals surface area contributed by atoms with Crippen molar-refractivity contribution in [1.29, 1.82) is 0 Å². The number of aryl methyl sites for hydroxylation is 1. The minimum absolute atomic E-state index is 1.04. The highest BCUT2D eigenvalue weighted by Crippen LogP contribution is 2.16. The highest BCUT2D eigenvalue weighted by molar-refractivity contribution is 9.10. The summed E-state index contributed by atoms with van der Waals surface area (Å²) in [6, 6.07) is 6.45. The first-order valence-corrected chi connectivity index (χ1v) is 5.36. The van der Waals surface area contributed by atoms with Gasteiger partial charge in [0.2, 0.25) is 0 Å². The van der Waals surface area contributed by atoms with Gasteiger partial charge in [-0.05, 0) is 43.8 Å². The van der Waals surface area contributed by atoms with Gasteiger partial charge in [0.15, 0.2) is 0 Å². The molecule has 0 aliphatic rings. The van der Waals surface area contributed by atoms with Crippen LogP contribution in [0.4, 0.5) is 0 Å². The van der Waals surface area contributed by atoms with E-state index in [1.807, 2.05) is 0 Å². The average molecular weight is 242 g/mol. The topological polar surface area (TPSA) is 3.24 Å². The standard InChI is InChI=1S/C11H16BrN/c1-4-13(3)8-10-5-6-11(12)7-9(10)2/h5-7H,4,8H2,1-3H3. The maximum Gasteiger partial charge on any atom is 0.0233 e. The zero-order valence-electron chi connectivity index (χ0n) is 8.47. The van der Waals surface area contributed by atoms with Crippen LogP contribution in [0.3, 0.4) is 0 Å². The van der Waals surface area contributed by atoms with Crippen molar-refractivity contribution in [3.8, 4) is 0 Å². The molecule has 0 amide bonds. The summed E-state index contributed by atoms with van der Waals surface area (Å²) in [6.45, 7) is 6.46. The van der Waals surface area contributed by atoms with Gasteiger partial charge in [-0.15, -0.1) is 0 Å². The number of benzene rings is 1. The van der Waals surface area contributed by atoms with Crippen molar-refractivity contribution in [3.63, 3.8) is 0 Å². The van der Waals surface area contributed by atoms with Gasteiger partial charge in [-0.25, -0.2) is 0 Å².